The SMILES string of the molecule is Cc1[nH]c2nccc(Cc3cccnc3)c2c1CC(=O)O. The van der Waals surface area contributed by atoms with Gasteiger partial charge in [-0.2, -0.15) is 0 Å². The second-order valence-electron chi connectivity index (χ2n) is 5.03. The largest absolute Gasteiger partial charge is 0.481 e. The van der Waals surface area contributed by atoms with Crippen molar-refractivity contribution in [3.63, 3.8) is 0 Å². The number of hydrogen-bond acceptors (Lipinski definition) is 3. The lowest BCUT2D eigenvalue weighted by atomic mass is 10.00. The van der Waals surface area contributed by atoms with Gasteiger partial charge < -0.3 is 10.1 Å². The first-order valence-electron chi connectivity index (χ1n) is 6.71. The van der Waals surface area contributed by atoms with E-state index < -0.39 is 5.97 Å². The number of aliphatic carboxylic acids is 1. The van der Waals surface area contributed by atoms with Gasteiger partial charge in [-0.15, -0.1) is 0 Å². The second kappa shape index (κ2) is 5.36. The Morgan fingerprint density at radius 1 is 1.33 bits per heavy atom. The van der Waals surface area contributed by atoms with E-state index in [4.69, 9.17) is 5.11 Å². The van der Waals surface area contributed by atoms with Gasteiger partial charge in [0, 0.05) is 29.7 Å². The summed E-state index contributed by atoms with van der Waals surface area (Å²) in [5.74, 6) is -0.838. The molecule has 2 N–H and O–H groups in total. The predicted octanol–water partition coefficient (Wildman–Crippen LogP) is 2.48. The van der Waals surface area contributed by atoms with Gasteiger partial charge in [0.25, 0.3) is 0 Å². The van der Waals surface area contributed by atoms with E-state index in [1.807, 2.05) is 31.3 Å². The van der Waals surface area contributed by atoms with Crippen molar-refractivity contribution in [3.8, 4) is 0 Å². The number of carboxylic acids is 1. The molecule has 0 fully saturated rings. The van der Waals surface area contributed by atoms with Crippen molar-refractivity contribution < 1.29 is 9.90 Å². The summed E-state index contributed by atoms with van der Waals surface area (Å²) in [6.07, 6.45) is 6.01. The maximum atomic E-state index is 11.1. The molecule has 0 aliphatic carbocycles. The first kappa shape index (κ1) is 13.3. The number of aromatic amines is 1. The van der Waals surface area contributed by atoms with Crippen molar-refractivity contribution >= 4 is 17.0 Å². The second-order valence-corrected chi connectivity index (χ2v) is 5.03. The van der Waals surface area contributed by atoms with Gasteiger partial charge in [-0.3, -0.25) is 9.78 Å². The highest BCUT2D eigenvalue weighted by Crippen LogP contribution is 2.26. The third kappa shape index (κ3) is 2.63. The Bertz CT molecular complexity index is 794. The molecular formula is C16H15N3O2. The van der Waals surface area contributed by atoms with Gasteiger partial charge in [-0.05, 0) is 42.2 Å². The van der Waals surface area contributed by atoms with Crippen molar-refractivity contribution in [1.82, 2.24) is 15.0 Å². The Morgan fingerprint density at radius 3 is 2.90 bits per heavy atom. The molecule has 3 heterocycles. The van der Waals surface area contributed by atoms with Crippen molar-refractivity contribution in [3.05, 3.63) is 59.2 Å². The van der Waals surface area contributed by atoms with Crippen molar-refractivity contribution in [2.45, 2.75) is 19.8 Å². The van der Waals surface area contributed by atoms with Gasteiger partial charge in [0.1, 0.15) is 5.65 Å². The number of carbonyl (C=O) groups is 1. The summed E-state index contributed by atoms with van der Waals surface area (Å²) in [5, 5.41) is 10.0. The number of aromatic nitrogens is 3. The summed E-state index contributed by atoms with van der Waals surface area (Å²) in [7, 11) is 0. The lowest BCUT2D eigenvalue weighted by molar-refractivity contribution is -0.136. The molecule has 0 aromatic carbocycles. The number of aryl methyl sites for hydroxylation is 1. The average Bonchev–Trinajstić information content (AvgIpc) is 2.77. The van der Waals surface area contributed by atoms with Crippen LogP contribution >= 0.6 is 0 Å². The molecule has 0 atom stereocenters. The number of pyridine rings is 2. The quantitative estimate of drug-likeness (QED) is 0.770. The average molecular weight is 281 g/mol. The van der Waals surface area contributed by atoms with Crippen LogP contribution < -0.4 is 0 Å². The fourth-order valence-electron chi connectivity index (χ4n) is 2.62. The van der Waals surface area contributed by atoms with Crippen LogP contribution in [0.5, 0.6) is 0 Å². The van der Waals surface area contributed by atoms with Crippen LogP contribution in [-0.2, 0) is 17.6 Å². The van der Waals surface area contributed by atoms with Crippen LogP contribution in [0.4, 0.5) is 0 Å². The Morgan fingerprint density at radius 2 is 2.19 bits per heavy atom. The Balaban J connectivity index is 2.12. The van der Waals surface area contributed by atoms with E-state index in [-0.39, 0.29) is 6.42 Å². The molecular weight excluding hydrogens is 266 g/mol. The molecule has 21 heavy (non-hydrogen) atoms. The molecule has 0 saturated heterocycles. The standard InChI is InChI=1S/C16H15N3O2/c1-10-13(8-14(20)21)15-12(4-6-18-16(15)19-10)7-11-3-2-5-17-9-11/h2-6,9H,7-8H2,1H3,(H,18,19)(H,20,21). The van der Waals surface area contributed by atoms with Crippen LogP contribution in [0, 0.1) is 6.92 Å². The molecule has 0 unspecified atom stereocenters. The minimum absolute atomic E-state index is 0.00241. The monoisotopic (exact) mass is 281 g/mol. The van der Waals surface area contributed by atoms with Gasteiger partial charge in [0.05, 0.1) is 6.42 Å². The van der Waals surface area contributed by atoms with Crippen LogP contribution in [0.25, 0.3) is 11.0 Å². The first-order valence-corrected chi connectivity index (χ1v) is 6.71. The topological polar surface area (TPSA) is 78.9 Å². The maximum absolute atomic E-state index is 11.1. The number of hydrogen-bond donors (Lipinski definition) is 2. The summed E-state index contributed by atoms with van der Waals surface area (Å²) < 4.78 is 0. The molecule has 5 heteroatoms. The normalized spacial score (nSPS) is 10.9. The number of nitrogens with one attached hydrogen (secondary N) is 1. The van der Waals surface area contributed by atoms with Crippen molar-refractivity contribution in [2.75, 3.05) is 0 Å². The highest BCUT2D eigenvalue weighted by Gasteiger charge is 2.15. The Kier molecular flexibility index (Phi) is 3.39. The minimum atomic E-state index is -0.838. The summed E-state index contributed by atoms with van der Waals surface area (Å²) in [4.78, 5) is 22.7. The summed E-state index contributed by atoms with van der Waals surface area (Å²) in [6.45, 7) is 1.88. The van der Waals surface area contributed by atoms with E-state index >= 15 is 0 Å². The maximum Gasteiger partial charge on any atom is 0.307 e. The predicted molar refractivity (Wildman–Crippen MR) is 79.2 cm³/mol. The first-order chi connectivity index (χ1) is 10.1. The lowest BCUT2D eigenvalue weighted by Gasteiger charge is -2.05. The third-order valence-corrected chi connectivity index (χ3v) is 3.54. The van der Waals surface area contributed by atoms with Crippen molar-refractivity contribution in [1.29, 1.82) is 0 Å². The zero-order valence-corrected chi connectivity index (χ0v) is 11.6. The number of rotatable bonds is 4. The fourth-order valence-corrected chi connectivity index (χ4v) is 2.62. The molecule has 5 nitrogen and oxygen atoms in total. The van der Waals surface area contributed by atoms with Gasteiger partial charge in [0.15, 0.2) is 0 Å². The number of carboxylic acid groups (broad SMARTS) is 1. The molecule has 3 aromatic rings. The molecule has 0 aliphatic rings. The highest BCUT2D eigenvalue weighted by molar-refractivity contribution is 5.88. The summed E-state index contributed by atoms with van der Waals surface area (Å²) >= 11 is 0. The fraction of sp³-hybridized carbons (Fsp3) is 0.188. The third-order valence-electron chi connectivity index (χ3n) is 3.54. The summed E-state index contributed by atoms with van der Waals surface area (Å²) in [5.41, 5.74) is 4.56. The van der Waals surface area contributed by atoms with Gasteiger partial charge in [-0.1, -0.05) is 6.07 Å². The molecule has 0 bridgehead atoms. The van der Waals surface area contributed by atoms with Crippen LogP contribution in [0.2, 0.25) is 0 Å². The smallest absolute Gasteiger partial charge is 0.307 e. The lowest BCUT2D eigenvalue weighted by Crippen LogP contribution is -2.02. The minimum Gasteiger partial charge on any atom is -0.481 e. The zero-order valence-electron chi connectivity index (χ0n) is 11.6. The van der Waals surface area contributed by atoms with E-state index in [1.54, 1.807) is 12.4 Å². The molecule has 0 amide bonds. The molecule has 0 spiro atoms. The molecule has 0 saturated carbocycles. The Labute approximate surface area is 121 Å². The number of fused-ring (bicyclic) bond motifs is 1. The number of H-pyrrole nitrogens is 1. The van der Waals surface area contributed by atoms with Crippen LogP contribution in [0.15, 0.2) is 36.8 Å². The van der Waals surface area contributed by atoms with Gasteiger partial charge >= 0.3 is 5.97 Å². The zero-order chi connectivity index (χ0) is 14.8. The van der Waals surface area contributed by atoms with Gasteiger partial charge in [-0.25, -0.2) is 4.98 Å². The molecule has 0 radical (unpaired) electrons. The van der Waals surface area contributed by atoms with Crippen LogP contribution in [0.3, 0.4) is 0 Å². The van der Waals surface area contributed by atoms with E-state index in [1.165, 1.54) is 0 Å². The van der Waals surface area contributed by atoms with E-state index in [0.29, 0.717) is 6.42 Å². The van der Waals surface area contributed by atoms with E-state index in [0.717, 1.165) is 33.4 Å². The van der Waals surface area contributed by atoms with E-state index in [2.05, 4.69) is 15.0 Å². The van der Waals surface area contributed by atoms with Crippen molar-refractivity contribution in [2.24, 2.45) is 0 Å². The summed E-state index contributed by atoms with van der Waals surface area (Å²) in [6, 6.07) is 5.85. The molecule has 106 valence electrons. The molecule has 0 aliphatic heterocycles. The molecule has 3 aromatic heterocycles. The van der Waals surface area contributed by atoms with Crippen LogP contribution in [-0.4, -0.2) is 26.0 Å². The van der Waals surface area contributed by atoms with Gasteiger partial charge in [0.2, 0.25) is 0 Å². The van der Waals surface area contributed by atoms with Crippen LogP contribution in [0.1, 0.15) is 22.4 Å². The van der Waals surface area contributed by atoms with E-state index in [9.17, 15) is 4.79 Å². The Hall–Kier alpha value is -2.69. The highest BCUT2D eigenvalue weighted by atomic mass is 16.4. The number of nitrogens with zero attached hydrogens (tertiary/aromatic N) is 2. The molecule has 3 rings (SSSR count).